The van der Waals surface area contributed by atoms with E-state index in [4.69, 9.17) is 5.73 Å². The Kier molecular flexibility index (Phi) is 2.73. The molecule has 0 aromatic carbocycles. The lowest BCUT2D eigenvalue weighted by Crippen LogP contribution is -2.02. The van der Waals surface area contributed by atoms with E-state index in [2.05, 4.69) is 9.97 Å². The van der Waals surface area contributed by atoms with Crippen molar-refractivity contribution >= 4 is 22.9 Å². The van der Waals surface area contributed by atoms with Gasteiger partial charge in [0, 0.05) is 18.8 Å². The summed E-state index contributed by atoms with van der Waals surface area (Å²) in [6.07, 6.45) is 3.52. The third kappa shape index (κ3) is 2.38. The summed E-state index contributed by atoms with van der Waals surface area (Å²) in [5, 5.41) is 0. The van der Waals surface area contributed by atoms with E-state index in [1.165, 1.54) is 11.3 Å². The number of hydrogen-bond acceptors (Lipinski definition) is 5. The zero-order chi connectivity index (χ0) is 10.7. The van der Waals surface area contributed by atoms with Crippen LogP contribution in [0.15, 0.2) is 30.0 Å². The predicted octanol–water partition coefficient (Wildman–Crippen LogP) is 1.55. The fourth-order valence-electron chi connectivity index (χ4n) is 1.23. The van der Waals surface area contributed by atoms with E-state index in [1.54, 1.807) is 30.0 Å². The van der Waals surface area contributed by atoms with Gasteiger partial charge in [-0.2, -0.15) is 0 Å². The van der Waals surface area contributed by atoms with Crippen LogP contribution in [0.1, 0.15) is 15.2 Å². The van der Waals surface area contributed by atoms with Gasteiger partial charge >= 0.3 is 0 Å². The molecule has 2 aromatic heterocycles. The van der Waals surface area contributed by atoms with E-state index in [1.807, 2.05) is 0 Å². The van der Waals surface area contributed by atoms with Gasteiger partial charge in [-0.1, -0.05) is 0 Å². The number of thiazole rings is 1. The van der Waals surface area contributed by atoms with Crippen LogP contribution < -0.4 is 5.73 Å². The van der Waals surface area contributed by atoms with Gasteiger partial charge in [0.1, 0.15) is 5.82 Å². The Bertz CT molecular complexity index is 467. The van der Waals surface area contributed by atoms with Gasteiger partial charge < -0.3 is 5.73 Å². The van der Waals surface area contributed by atoms with Crippen LogP contribution in [-0.2, 0) is 6.42 Å². The van der Waals surface area contributed by atoms with Crippen molar-refractivity contribution in [3.63, 3.8) is 0 Å². The molecule has 0 spiro atoms. The van der Waals surface area contributed by atoms with Crippen molar-refractivity contribution in [1.82, 2.24) is 9.97 Å². The number of Topliss-reactive ketones (excluding diaryl/α,β-unsaturated/α-hetero) is 1. The second-order valence-corrected chi connectivity index (χ2v) is 3.94. The number of aromatic nitrogens is 2. The highest BCUT2D eigenvalue weighted by molar-refractivity contribution is 7.11. The molecule has 0 aliphatic carbocycles. The number of nitrogens with zero attached hydrogens (tertiary/aromatic N) is 2. The Labute approximate surface area is 90.8 Å². The van der Waals surface area contributed by atoms with Gasteiger partial charge in [-0.05, 0) is 17.7 Å². The molecule has 0 atom stereocenters. The van der Waals surface area contributed by atoms with Gasteiger partial charge in [-0.25, -0.2) is 4.98 Å². The highest BCUT2D eigenvalue weighted by atomic mass is 32.1. The van der Waals surface area contributed by atoms with Crippen molar-refractivity contribution in [3.05, 3.63) is 40.5 Å². The van der Waals surface area contributed by atoms with Crippen LogP contribution in [0.25, 0.3) is 0 Å². The minimum absolute atomic E-state index is 0.0584. The summed E-state index contributed by atoms with van der Waals surface area (Å²) in [6, 6.07) is 3.49. The van der Waals surface area contributed by atoms with Gasteiger partial charge in [0.2, 0.25) is 0 Å². The molecule has 5 heteroatoms. The van der Waals surface area contributed by atoms with E-state index < -0.39 is 0 Å². The molecule has 0 amide bonds. The molecule has 0 aliphatic heterocycles. The lowest BCUT2D eigenvalue weighted by atomic mass is 10.1. The summed E-state index contributed by atoms with van der Waals surface area (Å²) in [5.74, 6) is 0.493. The molecule has 4 nitrogen and oxygen atoms in total. The molecule has 0 saturated heterocycles. The molecular weight excluding hydrogens is 210 g/mol. The monoisotopic (exact) mass is 219 g/mol. The smallest absolute Gasteiger partial charge is 0.178 e. The summed E-state index contributed by atoms with van der Waals surface area (Å²) in [7, 11) is 0. The van der Waals surface area contributed by atoms with Crippen LogP contribution in [0.4, 0.5) is 5.82 Å². The number of nitrogens with two attached hydrogens (primary N) is 1. The minimum atomic E-state index is 0.0584. The van der Waals surface area contributed by atoms with E-state index >= 15 is 0 Å². The Balaban J connectivity index is 2.13. The van der Waals surface area contributed by atoms with Crippen molar-refractivity contribution in [2.45, 2.75) is 6.42 Å². The third-order valence-corrected chi connectivity index (χ3v) is 2.73. The van der Waals surface area contributed by atoms with Gasteiger partial charge in [-0.3, -0.25) is 9.78 Å². The van der Waals surface area contributed by atoms with Crippen LogP contribution in [0.2, 0.25) is 0 Å². The lowest BCUT2D eigenvalue weighted by molar-refractivity contribution is 0.0996. The Morgan fingerprint density at radius 3 is 3.07 bits per heavy atom. The molecule has 0 aliphatic rings. The maximum Gasteiger partial charge on any atom is 0.178 e. The summed E-state index contributed by atoms with van der Waals surface area (Å²) in [5.41, 5.74) is 8.04. The SMILES string of the molecule is Nc1cc(CC(=O)c2cncs2)ccn1. The van der Waals surface area contributed by atoms with Gasteiger partial charge in [0.15, 0.2) is 5.78 Å². The van der Waals surface area contributed by atoms with E-state index in [9.17, 15) is 4.79 Å². The number of hydrogen-bond donors (Lipinski definition) is 1. The number of pyridine rings is 1. The predicted molar refractivity (Wildman–Crippen MR) is 58.8 cm³/mol. The third-order valence-electron chi connectivity index (χ3n) is 1.92. The molecule has 76 valence electrons. The lowest BCUT2D eigenvalue weighted by Gasteiger charge is -1.99. The number of anilines is 1. The number of nitrogen functional groups attached to an aromatic ring is 1. The maximum atomic E-state index is 11.7. The average molecular weight is 219 g/mol. The van der Waals surface area contributed by atoms with Crippen LogP contribution >= 0.6 is 11.3 Å². The average Bonchev–Trinajstić information content (AvgIpc) is 2.70. The number of carbonyl (C=O) groups is 1. The minimum Gasteiger partial charge on any atom is -0.384 e. The molecule has 2 heterocycles. The highest BCUT2D eigenvalue weighted by Gasteiger charge is 2.08. The highest BCUT2D eigenvalue weighted by Crippen LogP contribution is 2.11. The fraction of sp³-hybridized carbons (Fsp3) is 0.100. The summed E-state index contributed by atoms with van der Waals surface area (Å²) in [4.78, 5) is 20.1. The second kappa shape index (κ2) is 4.18. The first kappa shape index (κ1) is 9.79. The van der Waals surface area contributed by atoms with Crippen LogP contribution in [0.5, 0.6) is 0 Å². The van der Waals surface area contributed by atoms with Crippen molar-refractivity contribution in [1.29, 1.82) is 0 Å². The maximum absolute atomic E-state index is 11.7. The Morgan fingerprint density at radius 1 is 1.53 bits per heavy atom. The van der Waals surface area contributed by atoms with Crippen molar-refractivity contribution < 1.29 is 4.79 Å². The van der Waals surface area contributed by atoms with Crippen molar-refractivity contribution in [2.24, 2.45) is 0 Å². The standard InChI is InChI=1S/C10H9N3OS/c11-10-4-7(1-2-13-10)3-8(14)9-5-12-6-15-9/h1-2,4-6H,3H2,(H2,11,13). The summed E-state index contributed by atoms with van der Waals surface area (Å²) < 4.78 is 0. The zero-order valence-electron chi connectivity index (χ0n) is 7.88. The van der Waals surface area contributed by atoms with Gasteiger partial charge in [-0.15, -0.1) is 11.3 Å². The first-order chi connectivity index (χ1) is 7.25. The molecule has 0 fully saturated rings. The first-order valence-electron chi connectivity index (χ1n) is 4.38. The molecule has 2 rings (SSSR count). The van der Waals surface area contributed by atoms with Crippen molar-refractivity contribution in [2.75, 3.05) is 5.73 Å². The molecule has 2 N–H and O–H groups in total. The zero-order valence-corrected chi connectivity index (χ0v) is 8.70. The quantitative estimate of drug-likeness (QED) is 0.795. The van der Waals surface area contributed by atoms with Gasteiger partial charge in [0.25, 0.3) is 0 Å². The number of carbonyl (C=O) groups excluding carboxylic acids is 1. The topological polar surface area (TPSA) is 68.9 Å². The molecule has 0 saturated carbocycles. The second-order valence-electron chi connectivity index (χ2n) is 3.05. The summed E-state index contributed by atoms with van der Waals surface area (Å²) in [6.45, 7) is 0. The van der Waals surface area contributed by atoms with Crippen LogP contribution in [-0.4, -0.2) is 15.8 Å². The van der Waals surface area contributed by atoms with E-state index in [0.29, 0.717) is 17.1 Å². The normalized spacial score (nSPS) is 10.1. The largest absolute Gasteiger partial charge is 0.384 e. The van der Waals surface area contributed by atoms with Crippen LogP contribution in [0.3, 0.4) is 0 Å². The van der Waals surface area contributed by atoms with E-state index in [0.717, 1.165) is 5.56 Å². The van der Waals surface area contributed by atoms with Crippen molar-refractivity contribution in [3.8, 4) is 0 Å². The number of rotatable bonds is 3. The molecule has 0 bridgehead atoms. The first-order valence-corrected chi connectivity index (χ1v) is 5.26. The molecule has 15 heavy (non-hydrogen) atoms. The van der Waals surface area contributed by atoms with Crippen LogP contribution in [0, 0.1) is 0 Å². The molecule has 2 aromatic rings. The number of ketones is 1. The fourth-order valence-corrected chi connectivity index (χ4v) is 1.79. The molecule has 0 unspecified atom stereocenters. The Hall–Kier alpha value is -1.75. The Morgan fingerprint density at radius 2 is 2.40 bits per heavy atom. The summed E-state index contributed by atoms with van der Waals surface area (Å²) >= 11 is 1.35. The molecular formula is C10H9N3OS. The van der Waals surface area contributed by atoms with Gasteiger partial charge in [0.05, 0.1) is 10.4 Å². The molecule has 0 radical (unpaired) electrons. The van der Waals surface area contributed by atoms with E-state index in [-0.39, 0.29) is 5.78 Å².